The molecule has 0 amide bonds. The zero-order valence-corrected chi connectivity index (χ0v) is 14.1. The molecule has 118 valence electrons. The van der Waals surface area contributed by atoms with E-state index >= 15 is 0 Å². The lowest BCUT2D eigenvalue weighted by Gasteiger charge is -2.11. The molecule has 0 fully saturated rings. The van der Waals surface area contributed by atoms with Crippen LogP contribution in [0.5, 0.6) is 0 Å². The van der Waals surface area contributed by atoms with E-state index in [1.807, 2.05) is 0 Å². The highest BCUT2D eigenvalue weighted by Crippen LogP contribution is 2.27. The van der Waals surface area contributed by atoms with Gasteiger partial charge in [-0.05, 0) is 37.1 Å². The van der Waals surface area contributed by atoms with Gasteiger partial charge in [0.1, 0.15) is 0 Å². The molecule has 0 saturated carbocycles. The summed E-state index contributed by atoms with van der Waals surface area (Å²) in [6.45, 7) is 3.32. The Morgan fingerprint density at radius 1 is 1.36 bits per heavy atom. The molecule has 1 aromatic carbocycles. The van der Waals surface area contributed by atoms with Crippen molar-refractivity contribution in [3.8, 4) is 0 Å². The molecule has 6 nitrogen and oxygen atoms in total. The van der Waals surface area contributed by atoms with Gasteiger partial charge in [-0.2, -0.15) is 0 Å². The maximum absolute atomic E-state index is 12.5. The average molecular weight is 361 g/mol. The van der Waals surface area contributed by atoms with Crippen LogP contribution in [0.25, 0.3) is 0 Å². The third kappa shape index (κ3) is 3.76. The van der Waals surface area contributed by atoms with Crippen molar-refractivity contribution >= 4 is 44.1 Å². The van der Waals surface area contributed by atoms with E-state index in [-0.39, 0.29) is 16.4 Å². The maximum Gasteiger partial charge on any atom is 0.309 e. The van der Waals surface area contributed by atoms with E-state index in [1.54, 1.807) is 26.0 Å². The van der Waals surface area contributed by atoms with Crippen molar-refractivity contribution in [2.24, 2.45) is 0 Å². The molecule has 0 aliphatic carbocycles. The van der Waals surface area contributed by atoms with Gasteiger partial charge in [0.05, 0.1) is 17.0 Å². The molecule has 1 aromatic heterocycles. The summed E-state index contributed by atoms with van der Waals surface area (Å²) in [6, 6.07) is 3.14. The van der Waals surface area contributed by atoms with Crippen LogP contribution in [0, 0.1) is 13.8 Å². The van der Waals surface area contributed by atoms with Crippen LogP contribution >= 0.6 is 22.9 Å². The Balaban J connectivity index is 2.32. The molecule has 1 heterocycles. The van der Waals surface area contributed by atoms with Crippen LogP contribution in [0.15, 0.2) is 22.4 Å². The van der Waals surface area contributed by atoms with Gasteiger partial charge in [-0.3, -0.25) is 9.52 Å². The van der Waals surface area contributed by atoms with E-state index in [4.69, 9.17) is 16.7 Å². The number of halogens is 1. The van der Waals surface area contributed by atoms with Gasteiger partial charge in [0.15, 0.2) is 5.13 Å². The van der Waals surface area contributed by atoms with Crippen molar-refractivity contribution in [3.05, 3.63) is 39.4 Å². The summed E-state index contributed by atoms with van der Waals surface area (Å²) < 4.78 is 27.3. The lowest BCUT2D eigenvalue weighted by atomic mass is 10.2. The molecule has 0 bridgehead atoms. The van der Waals surface area contributed by atoms with Gasteiger partial charge in [0.25, 0.3) is 10.0 Å². The number of nitrogens with zero attached hydrogens (tertiary/aromatic N) is 1. The number of sulfonamides is 1. The molecule has 0 aliphatic rings. The molecule has 22 heavy (non-hydrogen) atoms. The molecule has 0 saturated heterocycles. The topological polar surface area (TPSA) is 96.4 Å². The molecular weight excluding hydrogens is 348 g/mol. The second kappa shape index (κ2) is 6.23. The largest absolute Gasteiger partial charge is 0.481 e. The average Bonchev–Trinajstić information content (AvgIpc) is 2.72. The normalized spacial score (nSPS) is 11.4. The fourth-order valence-corrected chi connectivity index (χ4v) is 4.82. The van der Waals surface area contributed by atoms with Crippen molar-refractivity contribution in [2.45, 2.75) is 25.2 Å². The zero-order chi connectivity index (χ0) is 16.5. The summed E-state index contributed by atoms with van der Waals surface area (Å²) in [5.41, 5.74) is 1.36. The Labute approximate surface area is 136 Å². The molecule has 2 aromatic rings. The Kier molecular flexibility index (Phi) is 4.74. The minimum atomic E-state index is -3.81. The van der Waals surface area contributed by atoms with E-state index < -0.39 is 16.0 Å². The molecule has 0 spiro atoms. The second-order valence-corrected chi connectivity index (χ2v) is 7.60. The molecule has 2 rings (SSSR count). The zero-order valence-electron chi connectivity index (χ0n) is 11.8. The van der Waals surface area contributed by atoms with Gasteiger partial charge in [-0.15, -0.1) is 11.3 Å². The summed E-state index contributed by atoms with van der Waals surface area (Å²) in [7, 11) is -3.81. The smallest absolute Gasteiger partial charge is 0.309 e. The standard InChI is InChI=1S/C13H13ClN2O4S2/c1-7-3-9(14)4-8(2)12(7)22(19,20)16-13-15-10(6-21-13)5-11(17)18/h3-4,6H,5H2,1-2H3,(H,15,16)(H,17,18). The van der Waals surface area contributed by atoms with Crippen LogP contribution in [-0.4, -0.2) is 24.5 Å². The van der Waals surface area contributed by atoms with Crippen molar-refractivity contribution in [3.63, 3.8) is 0 Å². The number of thiazole rings is 1. The van der Waals surface area contributed by atoms with Crippen LogP contribution in [0.3, 0.4) is 0 Å². The van der Waals surface area contributed by atoms with Crippen molar-refractivity contribution in [1.82, 2.24) is 4.98 Å². The van der Waals surface area contributed by atoms with Crippen LogP contribution < -0.4 is 4.72 Å². The number of hydrogen-bond acceptors (Lipinski definition) is 5. The van der Waals surface area contributed by atoms with E-state index in [1.165, 1.54) is 5.38 Å². The molecule has 0 radical (unpaired) electrons. The molecular formula is C13H13ClN2O4S2. The fourth-order valence-electron chi connectivity index (χ4n) is 2.08. The number of nitrogens with one attached hydrogen (secondary N) is 1. The lowest BCUT2D eigenvalue weighted by Crippen LogP contribution is -2.15. The quantitative estimate of drug-likeness (QED) is 0.854. The van der Waals surface area contributed by atoms with Crippen LogP contribution in [0.4, 0.5) is 5.13 Å². The number of carboxylic acids is 1. The van der Waals surface area contributed by atoms with Gasteiger partial charge in [0.2, 0.25) is 0 Å². The number of benzene rings is 1. The predicted octanol–water partition coefficient (Wildman–Crippen LogP) is 2.84. The molecule has 9 heteroatoms. The predicted molar refractivity (Wildman–Crippen MR) is 85.2 cm³/mol. The highest BCUT2D eigenvalue weighted by atomic mass is 35.5. The van der Waals surface area contributed by atoms with Gasteiger partial charge in [-0.1, -0.05) is 11.6 Å². The van der Waals surface area contributed by atoms with E-state index in [0.717, 1.165) is 11.3 Å². The third-order valence-electron chi connectivity index (χ3n) is 2.80. The first-order chi connectivity index (χ1) is 10.2. The van der Waals surface area contributed by atoms with Crippen LogP contribution in [0.2, 0.25) is 5.02 Å². The molecule has 0 unspecified atom stereocenters. The summed E-state index contributed by atoms with van der Waals surface area (Å²) in [5.74, 6) is -1.02. The number of carbonyl (C=O) groups is 1. The Morgan fingerprint density at radius 2 is 1.95 bits per heavy atom. The first kappa shape index (κ1) is 16.7. The maximum atomic E-state index is 12.5. The highest BCUT2D eigenvalue weighted by molar-refractivity contribution is 7.93. The Hall–Kier alpha value is -1.64. The number of anilines is 1. The van der Waals surface area contributed by atoms with Gasteiger partial charge in [-0.25, -0.2) is 13.4 Å². The summed E-state index contributed by atoms with van der Waals surface area (Å²) in [5, 5.41) is 10.8. The van der Waals surface area contributed by atoms with E-state index in [9.17, 15) is 13.2 Å². The summed E-state index contributed by atoms with van der Waals surface area (Å²) >= 11 is 6.94. The van der Waals surface area contributed by atoms with E-state index in [0.29, 0.717) is 21.8 Å². The number of hydrogen-bond donors (Lipinski definition) is 2. The van der Waals surface area contributed by atoms with E-state index in [2.05, 4.69) is 9.71 Å². The van der Waals surface area contributed by atoms with Crippen molar-refractivity contribution in [2.75, 3.05) is 4.72 Å². The number of aryl methyl sites for hydroxylation is 2. The third-order valence-corrected chi connectivity index (χ3v) is 5.60. The number of aliphatic carboxylic acids is 1. The summed E-state index contributed by atoms with van der Waals surface area (Å²) in [4.78, 5) is 14.7. The lowest BCUT2D eigenvalue weighted by molar-refractivity contribution is -0.136. The van der Waals surface area contributed by atoms with Crippen LogP contribution in [0.1, 0.15) is 16.8 Å². The molecule has 0 aliphatic heterocycles. The van der Waals surface area contributed by atoms with Gasteiger partial charge < -0.3 is 5.11 Å². The van der Waals surface area contributed by atoms with Crippen LogP contribution in [-0.2, 0) is 21.2 Å². The minimum absolute atomic E-state index is 0.130. The van der Waals surface area contributed by atoms with Gasteiger partial charge >= 0.3 is 5.97 Å². The SMILES string of the molecule is Cc1cc(Cl)cc(C)c1S(=O)(=O)Nc1nc(CC(=O)O)cs1. The number of rotatable bonds is 5. The molecule has 2 N–H and O–H groups in total. The Morgan fingerprint density at radius 3 is 2.50 bits per heavy atom. The first-order valence-electron chi connectivity index (χ1n) is 6.15. The fraction of sp³-hybridized carbons (Fsp3) is 0.231. The Bertz CT molecular complexity index is 807. The number of aromatic nitrogens is 1. The van der Waals surface area contributed by atoms with Gasteiger partial charge in [0, 0.05) is 10.4 Å². The number of carboxylic acid groups (broad SMARTS) is 1. The molecule has 0 atom stereocenters. The van der Waals surface area contributed by atoms with Crippen molar-refractivity contribution in [1.29, 1.82) is 0 Å². The highest BCUT2D eigenvalue weighted by Gasteiger charge is 2.21. The second-order valence-electron chi connectivity index (χ2n) is 4.69. The van der Waals surface area contributed by atoms with Crippen molar-refractivity contribution < 1.29 is 18.3 Å². The monoisotopic (exact) mass is 360 g/mol. The summed E-state index contributed by atoms with van der Waals surface area (Å²) in [6.07, 6.45) is -0.253. The first-order valence-corrected chi connectivity index (χ1v) is 8.89. The minimum Gasteiger partial charge on any atom is -0.481 e.